The number of carbonyl (C=O) groups is 2. The lowest BCUT2D eigenvalue weighted by Gasteiger charge is -2.36. The van der Waals surface area contributed by atoms with Gasteiger partial charge in [-0.3, -0.25) is 9.59 Å². The number of para-hydroxylation sites is 1. The van der Waals surface area contributed by atoms with Gasteiger partial charge in [0.1, 0.15) is 11.4 Å². The molecule has 0 radical (unpaired) electrons. The Morgan fingerprint density at radius 1 is 1.33 bits per heavy atom. The number of methoxy groups -OCH3 is 1. The maximum atomic E-state index is 13.0. The van der Waals surface area contributed by atoms with Gasteiger partial charge >= 0.3 is 0 Å². The van der Waals surface area contributed by atoms with E-state index < -0.39 is 0 Å². The van der Waals surface area contributed by atoms with Crippen molar-refractivity contribution < 1.29 is 14.3 Å². The van der Waals surface area contributed by atoms with Gasteiger partial charge in [-0.1, -0.05) is 18.2 Å². The zero-order chi connectivity index (χ0) is 17.8. The fourth-order valence-electron chi connectivity index (χ4n) is 2.89. The molecule has 3 rings (SSSR count). The van der Waals surface area contributed by atoms with E-state index in [0.717, 1.165) is 17.9 Å². The highest BCUT2D eigenvalue weighted by Crippen LogP contribution is 2.31. The summed E-state index contributed by atoms with van der Waals surface area (Å²) in [4.78, 5) is 30.2. The van der Waals surface area contributed by atoms with Gasteiger partial charge < -0.3 is 20.3 Å². The van der Waals surface area contributed by atoms with Gasteiger partial charge in [-0.05, 0) is 6.07 Å². The molecule has 1 saturated heterocycles. The zero-order valence-corrected chi connectivity index (χ0v) is 17.4. The Morgan fingerprint density at radius 3 is 2.78 bits per heavy atom. The quantitative estimate of drug-likeness (QED) is 0.775. The predicted octanol–water partition coefficient (Wildman–Crippen LogP) is 2.74. The van der Waals surface area contributed by atoms with E-state index in [4.69, 9.17) is 4.74 Å². The highest BCUT2D eigenvalue weighted by atomic mass is 35.5. The highest BCUT2D eigenvalue weighted by Gasteiger charge is 2.31. The van der Waals surface area contributed by atoms with Gasteiger partial charge in [-0.25, -0.2) is 4.98 Å². The van der Waals surface area contributed by atoms with E-state index in [-0.39, 0.29) is 42.7 Å². The lowest BCUT2D eigenvalue weighted by atomic mass is 10.0. The Labute approximate surface area is 174 Å². The van der Waals surface area contributed by atoms with Crippen LogP contribution in [0.2, 0.25) is 0 Å². The number of carbonyl (C=O) groups excluding carboxylic acids is 2. The number of aromatic nitrogens is 1. The van der Waals surface area contributed by atoms with Gasteiger partial charge in [0.05, 0.1) is 13.2 Å². The second kappa shape index (κ2) is 10.5. The first-order chi connectivity index (χ1) is 12.1. The maximum Gasteiger partial charge on any atom is 0.274 e. The fraction of sp³-hybridized carbons (Fsp3) is 0.353. The normalized spacial score (nSPS) is 15.9. The predicted molar refractivity (Wildman–Crippen MR) is 111 cm³/mol. The van der Waals surface area contributed by atoms with Crippen molar-refractivity contribution in [1.82, 2.24) is 15.2 Å². The number of anilines is 1. The molecule has 148 valence electrons. The molecule has 27 heavy (non-hydrogen) atoms. The van der Waals surface area contributed by atoms with E-state index in [9.17, 15) is 9.59 Å². The smallest absolute Gasteiger partial charge is 0.274 e. The van der Waals surface area contributed by atoms with Crippen molar-refractivity contribution in [2.45, 2.75) is 13.0 Å². The lowest BCUT2D eigenvalue weighted by Crippen LogP contribution is -2.48. The third-order valence-electron chi connectivity index (χ3n) is 4.01. The summed E-state index contributed by atoms with van der Waals surface area (Å²) in [6, 6.07) is 7.58. The maximum absolute atomic E-state index is 13.0. The number of thiazole rings is 1. The SMILES string of the molecule is COc1ccccc1C1CNCCN1C(=O)c1csc(NC(C)=O)n1.Cl.Cl. The standard InChI is InChI=1S/C17H20N4O3S.2ClH/c1-11(22)19-17-20-13(10-25-17)16(23)21-8-7-18-9-14(21)12-5-3-4-6-15(12)24-2;;/h3-6,10,14,18H,7-9H2,1-2H3,(H,19,20,22);2*1H. The van der Waals surface area contributed by atoms with E-state index in [2.05, 4.69) is 15.6 Å². The fourth-order valence-corrected chi connectivity index (χ4v) is 3.62. The molecule has 2 amide bonds. The summed E-state index contributed by atoms with van der Waals surface area (Å²) in [6.45, 7) is 3.36. The van der Waals surface area contributed by atoms with Crippen molar-refractivity contribution >= 4 is 53.1 Å². The molecular formula is C17H22Cl2N4O3S. The topological polar surface area (TPSA) is 83.6 Å². The molecule has 1 aromatic carbocycles. The van der Waals surface area contributed by atoms with Crippen LogP contribution in [0.1, 0.15) is 29.0 Å². The van der Waals surface area contributed by atoms with E-state index in [0.29, 0.717) is 23.9 Å². The Morgan fingerprint density at radius 2 is 2.07 bits per heavy atom. The minimum Gasteiger partial charge on any atom is -0.496 e. The lowest BCUT2D eigenvalue weighted by molar-refractivity contribution is -0.114. The zero-order valence-electron chi connectivity index (χ0n) is 14.9. The molecule has 0 aliphatic carbocycles. The number of halogens is 2. The minimum atomic E-state index is -0.206. The van der Waals surface area contributed by atoms with Crippen LogP contribution in [0.3, 0.4) is 0 Å². The van der Waals surface area contributed by atoms with Crippen LogP contribution in [-0.4, -0.2) is 48.4 Å². The number of amides is 2. The molecule has 0 bridgehead atoms. The van der Waals surface area contributed by atoms with Crippen molar-refractivity contribution in [2.24, 2.45) is 0 Å². The average molecular weight is 433 g/mol. The summed E-state index contributed by atoms with van der Waals surface area (Å²) in [5, 5.41) is 8.04. The van der Waals surface area contributed by atoms with Crippen molar-refractivity contribution in [3.63, 3.8) is 0 Å². The Balaban J connectivity index is 0.00000182. The van der Waals surface area contributed by atoms with Crippen LogP contribution in [0.25, 0.3) is 0 Å². The first-order valence-electron chi connectivity index (χ1n) is 7.98. The minimum absolute atomic E-state index is 0. The first-order valence-corrected chi connectivity index (χ1v) is 8.86. The van der Waals surface area contributed by atoms with Gasteiger partial charge in [0.25, 0.3) is 5.91 Å². The molecule has 2 aromatic rings. The van der Waals surface area contributed by atoms with E-state index in [1.54, 1.807) is 17.4 Å². The van der Waals surface area contributed by atoms with E-state index in [1.165, 1.54) is 18.3 Å². The Hall–Kier alpha value is -1.87. The average Bonchev–Trinajstić information content (AvgIpc) is 3.08. The van der Waals surface area contributed by atoms with Crippen molar-refractivity contribution in [3.05, 3.63) is 40.9 Å². The van der Waals surface area contributed by atoms with Crippen LogP contribution in [0.4, 0.5) is 5.13 Å². The monoisotopic (exact) mass is 432 g/mol. The van der Waals surface area contributed by atoms with Crippen LogP contribution in [-0.2, 0) is 4.79 Å². The van der Waals surface area contributed by atoms with Gasteiger partial charge in [0.2, 0.25) is 5.91 Å². The molecule has 1 aliphatic rings. The number of rotatable bonds is 4. The summed E-state index contributed by atoms with van der Waals surface area (Å²) in [6.07, 6.45) is 0. The van der Waals surface area contributed by atoms with Crippen LogP contribution < -0.4 is 15.4 Å². The molecule has 0 saturated carbocycles. The third-order valence-corrected chi connectivity index (χ3v) is 4.77. The summed E-state index contributed by atoms with van der Waals surface area (Å²) in [5.74, 6) is 0.402. The van der Waals surface area contributed by atoms with Gasteiger partial charge in [0, 0.05) is 37.5 Å². The second-order valence-corrected chi connectivity index (χ2v) is 6.54. The van der Waals surface area contributed by atoms with E-state index in [1.807, 2.05) is 24.3 Å². The number of nitrogens with zero attached hydrogens (tertiary/aromatic N) is 2. The number of hydrogen-bond donors (Lipinski definition) is 2. The molecule has 7 nitrogen and oxygen atoms in total. The van der Waals surface area contributed by atoms with Crippen LogP contribution in [0.5, 0.6) is 5.75 Å². The molecule has 1 atom stereocenters. The number of ether oxygens (including phenoxy) is 1. The molecule has 1 aliphatic heterocycles. The van der Waals surface area contributed by atoms with Crippen molar-refractivity contribution in [2.75, 3.05) is 32.1 Å². The first kappa shape index (κ1) is 23.2. The number of hydrogen-bond acceptors (Lipinski definition) is 6. The molecular weight excluding hydrogens is 411 g/mol. The summed E-state index contributed by atoms with van der Waals surface area (Å²) >= 11 is 1.24. The van der Waals surface area contributed by atoms with E-state index >= 15 is 0 Å². The number of benzene rings is 1. The van der Waals surface area contributed by atoms with Crippen molar-refractivity contribution in [1.29, 1.82) is 0 Å². The highest BCUT2D eigenvalue weighted by molar-refractivity contribution is 7.14. The Bertz CT molecular complexity index is 787. The molecule has 2 heterocycles. The third kappa shape index (κ3) is 5.32. The molecule has 1 fully saturated rings. The largest absolute Gasteiger partial charge is 0.496 e. The second-order valence-electron chi connectivity index (χ2n) is 5.68. The van der Waals surface area contributed by atoms with Crippen molar-refractivity contribution in [3.8, 4) is 5.75 Å². The molecule has 1 aromatic heterocycles. The molecule has 2 N–H and O–H groups in total. The van der Waals surface area contributed by atoms with Crippen LogP contribution in [0, 0.1) is 0 Å². The van der Waals surface area contributed by atoms with Crippen LogP contribution >= 0.6 is 36.2 Å². The molecule has 1 unspecified atom stereocenters. The number of piperazine rings is 1. The summed E-state index contributed by atoms with van der Waals surface area (Å²) in [5.41, 5.74) is 1.30. The summed E-state index contributed by atoms with van der Waals surface area (Å²) < 4.78 is 5.45. The Kier molecular flexibility index (Phi) is 8.98. The van der Waals surface area contributed by atoms with Gasteiger partial charge in [0.15, 0.2) is 5.13 Å². The van der Waals surface area contributed by atoms with Gasteiger partial charge in [-0.15, -0.1) is 36.2 Å². The van der Waals surface area contributed by atoms with Gasteiger partial charge in [-0.2, -0.15) is 0 Å². The molecule has 0 spiro atoms. The number of nitrogens with one attached hydrogen (secondary N) is 2. The summed E-state index contributed by atoms with van der Waals surface area (Å²) in [7, 11) is 1.63. The molecule has 10 heteroatoms. The van der Waals surface area contributed by atoms with Crippen LogP contribution in [0.15, 0.2) is 29.6 Å².